The van der Waals surface area contributed by atoms with Gasteiger partial charge in [-0.25, -0.2) is 0 Å². The van der Waals surface area contributed by atoms with Gasteiger partial charge >= 0.3 is 5.97 Å². The molecule has 4 rings (SSSR count). The third kappa shape index (κ3) is 5.41. The molecule has 7 atom stereocenters. The third-order valence-electron chi connectivity index (χ3n) is 11.0. The van der Waals surface area contributed by atoms with Crippen molar-refractivity contribution < 1.29 is 29.3 Å². The largest absolute Gasteiger partial charge is 0.458 e. The lowest BCUT2D eigenvalue weighted by Crippen LogP contribution is -2.62. The summed E-state index contributed by atoms with van der Waals surface area (Å²) in [5, 5.41) is 23.4. The van der Waals surface area contributed by atoms with Gasteiger partial charge < -0.3 is 19.8 Å². The fraction of sp³-hybridized carbons (Fsp3) is 0.774. The molecule has 0 spiro atoms. The van der Waals surface area contributed by atoms with Crippen LogP contribution in [0.3, 0.4) is 0 Å². The molecule has 220 valence electrons. The number of ketones is 2. The van der Waals surface area contributed by atoms with Gasteiger partial charge in [-0.2, -0.15) is 0 Å². The summed E-state index contributed by atoms with van der Waals surface area (Å²) in [4.78, 5) is 40.3. The number of nitrogens with zero attached hydrogens (tertiary/aromatic N) is 1. The van der Waals surface area contributed by atoms with Crippen molar-refractivity contribution in [3.63, 3.8) is 0 Å². The molecule has 0 saturated heterocycles. The Hall–Kier alpha value is -1.54. The zero-order chi connectivity index (χ0) is 27.9. The average molecular weight is 566 g/mol. The average Bonchev–Trinajstić information content (AvgIpc) is 3.14. The molecule has 0 radical (unpaired) electrons. The van der Waals surface area contributed by atoms with Crippen molar-refractivity contribution in [3.05, 3.63) is 23.3 Å². The van der Waals surface area contributed by atoms with Crippen molar-refractivity contribution in [2.45, 2.75) is 97.7 Å². The van der Waals surface area contributed by atoms with Crippen LogP contribution in [0.15, 0.2) is 23.3 Å². The molecule has 7 nitrogen and oxygen atoms in total. The van der Waals surface area contributed by atoms with E-state index in [2.05, 4.69) is 25.7 Å². The molecule has 0 amide bonds. The lowest BCUT2D eigenvalue weighted by molar-refractivity contribution is -0.181. The molecule has 0 aliphatic heterocycles. The molecule has 4 aliphatic carbocycles. The van der Waals surface area contributed by atoms with E-state index in [9.17, 15) is 24.6 Å². The Labute approximate surface area is 239 Å². The fourth-order valence-corrected chi connectivity index (χ4v) is 8.62. The zero-order valence-electron chi connectivity index (χ0n) is 24.3. The number of hydrogen-bond donors (Lipinski definition) is 2. The van der Waals surface area contributed by atoms with E-state index in [-0.39, 0.29) is 47.8 Å². The molecule has 39 heavy (non-hydrogen) atoms. The van der Waals surface area contributed by atoms with Crippen LogP contribution in [-0.2, 0) is 19.1 Å². The van der Waals surface area contributed by atoms with E-state index in [1.165, 1.54) is 0 Å². The van der Waals surface area contributed by atoms with Gasteiger partial charge in [0, 0.05) is 23.2 Å². The number of hydrogen-bond acceptors (Lipinski definition) is 7. The van der Waals surface area contributed by atoms with Crippen LogP contribution in [0.25, 0.3) is 0 Å². The summed E-state index contributed by atoms with van der Waals surface area (Å²) in [5.41, 5.74) is -0.716. The van der Waals surface area contributed by atoms with Gasteiger partial charge in [-0.1, -0.05) is 38.8 Å². The molecule has 3 saturated carbocycles. The molecule has 1 unspecified atom stereocenters. The van der Waals surface area contributed by atoms with Crippen LogP contribution >= 0.6 is 12.4 Å². The lowest BCUT2D eigenvalue weighted by atomic mass is 9.45. The van der Waals surface area contributed by atoms with E-state index in [0.29, 0.717) is 25.7 Å². The Morgan fingerprint density at radius 3 is 2.49 bits per heavy atom. The highest BCUT2D eigenvalue weighted by molar-refractivity contribution is 6.02. The molecule has 4 aliphatic rings. The zero-order valence-corrected chi connectivity index (χ0v) is 25.1. The SMILES string of the molecule is CCN(CC)CCCCC(=O)OCC(=O)[C@@]1(O)CC[C@H]2[C@@H]3CCC4=CC(=O)C=C(C)[C@]4(C)[C@H]3C(O)C[C@@]21C.Cl. The monoisotopic (exact) mass is 565 g/mol. The second-order valence-corrected chi connectivity index (χ2v) is 12.6. The predicted molar refractivity (Wildman–Crippen MR) is 152 cm³/mol. The maximum Gasteiger partial charge on any atom is 0.306 e. The number of allylic oxidation sites excluding steroid dienone is 4. The number of rotatable bonds is 10. The Bertz CT molecular complexity index is 1020. The normalized spacial score (nSPS) is 37.2. The van der Waals surface area contributed by atoms with Gasteiger partial charge in [0.1, 0.15) is 5.60 Å². The number of unbranched alkanes of at least 4 members (excludes halogenated alkanes) is 1. The van der Waals surface area contributed by atoms with Gasteiger partial charge in [0.25, 0.3) is 0 Å². The summed E-state index contributed by atoms with van der Waals surface area (Å²) < 4.78 is 5.34. The second kappa shape index (κ2) is 12.1. The maximum absolute atomic E-state index is 13.4. The van der Waals surface area contributed by atoms with E-state index < -0.39 is 35.5 Å². The van der Waals surface area contributed by atoms with Crippen LogP contribution < -0.4 is 0 Å². The summed E-state index contributed by atoms with van der Waals surface area (Å²) in [6.45, 7) is 12.8. The van der Waals surface area contributed by atoms with Crippen molar-refractivity contribution >= 4 is 29.9 Å². The standard InChI is InChI=1S/C31H47NO6.ClH/c1-6-32(7-2)15-9-8-10-27(36)38-19-26(35)31(37)14-13-24-23-12-11-21-17-22(33)16-20(3)30(21,5)28(23)25(34)18-29(24,31)4;/h16-17,23-25,28,34,37H,6-15,18-19H2,1-5H3;1H/t23-,24-,25?,28+,29-,30-,31-;/m0./s1. The highest BCUT2D eigenvalue weighted by atomic mass is 35.5. The Balaban J connectivity index is 0.00000420. The van der Waals surface area contributed by atoms with E-state index in [1.54, 1.807) is 12.2 Å². The van der Waals surface area contributed by atoms with Crippen molar-refractivity contribution in [1.29, 1.82) is 0 Å². The Morgan fingerprint density at radius 2 is 1.82 bits per heavy atom. The molecule has 2 N–H and O–H groups in total. The quantitative estimate of drug-likeness (QED) is 0.298. The summed E-state index contributed by atoms with van der Waals surface area (Å²) >= 11 is 0. The highest BCUT2D eigenvalue weighted by Crippen LogP contribution is 2.68. The Kier molecular flexibility index (Phi) is 9.95. The number of ether oxygens (including phenoxy) is 1. The van der Waals surface area contributed by atoms with Crippen molar-refractivity contribution in [1.82, 2.24) is 4.90 Å². The van der Waals surface area contributed by atoms with Crippen LogP contribution in [0, 0.1) is 28.6 Å². The number of esters is 1. The smallest absolute Gasteiger partial charge is 0.306 e. The summed E-state index contributed by atoms with van der Waals surface area (Å²) in [7, 11) is 0. The van der Waals surface area contributed by atoms with Gasteiger partial charge in [-0.05, 0) is 95.5 Å². The minimum atomic E-state index is -1.63. The van der Waals surface area contributed by atoms with Crippen molar-refractivity contribution in [2.24, 2.45) is 28.6 Å². The van der Waals surface area contributed by atoms with E-state index in [1.807, 2.05) is 13.8 Å². The first-order chi connectivity index (χ1) is 17.9. The summed E-state index contributed by atoms with van der Waals surface area (Å²) in [6.07, 6.45) is 7.53. The third-order valence-corrected chi connectivity index (χ3v) is 11.0. The molecule has 0 bridgehead atoms. The summed E-state index contributed by atoms with van der Waals surface area (Å²) in [5.74, 6) is -0.688. The van der Waals surface area contributed by atoms with Crippen LogP contribution in [0.2, 0.25) is 0 Å². The topological polar surface area (TPSA) is 104 Å². The molecule has 0 aromatic carbocycles. The maximum atomic E-state index is 13.4. The number of carbonyl (C=O) groups is 3. The summed E-state index contributed by atoms with van der Waals surface area (Å²) in [6, 6.07) is 0. The van der Waals surface area contributed by atoms with E-state index >= 15 is 0 Å². The minimum Gasteiger partial charge on any atom is -0.458 e. The number of aliphatic hydroxyl groups is 2. The Morgan fingerprint density at radius 1 is 1.13 bits per heavy atom. The molecule has 0 heterocycles. The number of fused-ring (bicyclic) bond motifs is 5. The van der Waals surface area contributed by atoms with Gasteiger partial charge in [0.15, 0.2) is 12.4 Å². The molecular formula is C31H48ClNO6. The van der Waals surface area contributed by atoms with Gasteiger partial charge in [-0.15, -0.1) is 12.4 Å². The lowest BCUT2D eigenvalue weighted by Gasteiger charge is -2.60. The van der Waals surface area contributed by atoms with Crippen LogP contribution in [0.4, 0.5) is 0 Å². The first kappa shape index (κ1) is 32.0. The predicted octanol–water partition coefficient (Wildman–Crippen LogP) is 4.43. The molecule has 0 aromatic heterocycles. The molecule has 8 heteroatoms. The van der Waals surface area contributed by atoms with E-state index in [4.69, 9.17) is 4.74 Å². The fourth-order valence-electron chi connectivity index (χ4n) is 8.62. The first-order valence-electron chi connectivity index (χ1n) is 14.7. The molecule has 3 fully saturated rings. The van der Waals surface area contributed by atoms with Crippen LogP contribution in [0.1, 0.15) is 86.0 Å². The van der Waals surface area contributed by atoms with E-state index in [0.717, 1.165) is 50.0 Å². The highest BCUT2D eigenvalue weighted by Gasteiger charge is 2.68. The van der Waals surface area contributed by atoms with Crippen LogP contribution in [0.5, 0.6) is 0 Å². The van der Waals surface area contributed by atoms with Gasteiger partial charge in [-0.3, -0.25) is 14.4 Å². The van der Waals surface area contributed by atoms with Gasteiger partial charge in [0.2, 0.25) is 5.78 Å². The number of aliphatic hydroxyl groups excluding tert-OH is 1. The van der Waals surface area contributed by atoms with Gasteiger partial charge in [0.05, 0.1) is 6.10 Å². The second-order valence-electron chi connectivity index (χ2n) is 12.6. The van der Waals surface area contributed by atoms with Crippen molar-refractivity contribution in [2.75, 3.05) is 26.2 Å². The first-order valence-corrected chi connectivity index (χ1v) is 14.7. The number of carbonyl (C=O) groups excluding carboxylic acids is 3. The molecular weight excluding hydrogens is 518 g/mol. The number of Topliss-reactive ketones (excluding diaryl/α,β-unsaturated/α-hetero) is 1. The van der Waals surface area contributed by atoms with Crippen molar-refractivity contribution in [3.8, 4) is 0 Å². The van der Waals surface area contributed by atoms with Crippen LogP contribution in [-0.4, -0.2) is 70.6 Å². The number of halogens is 1. The minimum absolute atomic E-state index is 0. The molecule has 0 aromatic rings.